The maximum Gasteiger partial charge on any atom is 0.284 e. The van der Waals surface area contributed by atoms with Gasteiger partial charge in [0.2, 0.25) is 0 Å². The van der Waals surface area contributed by atoms with Crippen LogP contribution in [-0.4, -0.2) is 22.3 Å². The maximum atomic E-state index is 12.3. The first-order valence-corrected chi connectivity index (χ1v) is 7.23. The van der Waals surface area contributed by atoms with Crippen LogP contribution in [0.1, 0.15) is 39.8 Å². The molecule has 1 heterocycles. The number of hydrogen-bond acceptors (Lipinski definition) is 3. The van der Waals surface area contributed by atoms with Crippen molar-refractivity contribution in [3.8, 4) is 5.75 Å². The first-order chi connectivity index (χ1) is 9.95. The Morgan fingerprint density at radius 1 is 1.19 bits per heavy atom. The van der Waals surface area contributed by atoms with Gasteiger partial charge >= 0.3 is 0 Å². The van der Waals surface area contributed by atoms with Crippen LogP contribution in [0.4, 0.5) is 0 Å². The summed E-state index contributed by atoms with van der Waals surface area (Å²) in [5, 5.41) is 4.33. The predicted molar refractivity (Wildman–Crippen MR) is 83.1 cm³/mol. The van der Waals surface area contributed by atoms with Gasteiger partial charge in [0.05, 0.1) is 5.69 Å². The molecule has 4 nitrogen and oxygen atoms in total. The summed E-state index contributed by atoms with van der Waals surface area (Å²) >= 11 is 0. The molecule has 4 heteroatoms. The highest BCUT2D eigenvalue weighted by Gasteiger charge is 2.16. The van der Waals surface area contributed by atoms with E-state index in [9.17, 15) is 4.79 Å². The van der Waals surface area contributed by atoms with Crippen LogP contribution >= 0.6 is 0 Å². The van der Waals surface area contributed by atoms with E-state index >= 15 is 0 Å². The van der Waals surface area contributed by atoms with Crippen LogP contribution < -0.4 is 4.74 Å². The lowest BCUT2D eigenvalue weighted by atomic mass is 10.1. The van der Waals surface area contributed by atoms with Gasteiger partial charge < -0.3 is 4.74 Å². The lowest BCUT2D eigenvalue weighted by Gasteiger charge is -2.11. The Balaban J connectivity index is 2.16. The lowest BCUT2D eigenvalue weighted by molar-refractivity contribution is 0.0817. The van der Waals surface area contributed by atoms with E-state index in [1.165, 1.54) is 4.68 Å². The highest BCUT2D eigenvalue weighted by Crippen LogP contribution is 2.22. The van der Waals surface area contributed by atoms with Gasteiger partial charge in [-0.1, -0.05) is 25.1 Å². The third kappa shape index (κ3) is 2.99. The van der Waals surface area contributed by atoms with Gasteiger partial charge in [-0.2, -0.15) is 5.10 Å². The molecule has 112 valence electrons. The fourth-order valence-corrected chi connectivity index (χ4v) is 2.65. The van der Waals surface area contributed by atoms with Gasteiger partial charge in [0.1, 0.15) is 5.75 Å². The Hall–Kier alpha value is -2.10. The number of para-hydroxylation sites is 1. The normalized spacial score (nSPS) is 10.7. The van der Waals surface area contributed by atoms with Crippen molar-refractivity contribution in [1.82, 2.24) is 9.78 Å². The Labute approximate surface area is 125 Å². The van der Waals surface area contributed by atoms with Gasteiger partial charge in [0, 0.05) is 5.69 Å². The van der Waals surface area contributed by atoms with Crippen molar-refractivity contribution >= 4 is 5.91 Å². The summed E-state index contributed by atoms with van der Waals surface area (Å²) in [5.41, 5.74) is 5.02. The van der Waals surface area contributed by atoms with Crippen LogP contribution in [0.5, 0.6) is 5.75 Å². The van der Waals surface area contributed by atoms with Crippen molar-refractivity contribution in [2.45, 2.75) is 41.0 Å². The minimum absolute atomic E-state index is 0.00317. The number of aromatic nitrogens is 2. The molecule has 0 aliphatic rings. The Morgan fingerprint density at radius 3 is 2.33 bits per heavy atom. The number of aryl methyl sites for hydroxylation is 3. The van der Waals surface area contributed by atoms with Crippen LogP contribution in [0.2, 0.25) is 0 Å². The van der Waals surface area contributed by atoms with Crippen LogP contribution in [0, 0.1) is 27.7 Å². The highest BCUT2D eigenvalue weighted by atomic mass is 16.5. The standard InChI is InChI=1S/C17H22N2O2/c1-6-15-13(4)18-19(14(15)5)16(20)10-21-17-11(2)8-7-9-12(17)3/h7-9H,6,10H2,1-5H3. The Bertz CT molecular complexity index is 651. The van der Waals surface area contributed by atoms with Crippen molar-refractivity contribution in [3.63, 3.8) is 0 Å². The van der Waals surface area contributed by atoms with Crippen molar-refractivity contribution in [3.05, 3.63) is 46.3 Å². The average molecular weight is 286 g/mol. The second kappa shape index (κ2) is 6.12. The monoisotopic (exact) mass is 286 g/mol. The molecular weight excluding hydrogens is 264 g/mol. The number of ether oxygens (including phenoxy) is 1. The largest absolute Gasteiger partial charge is 0.483 e. The molecule has 0 saturated carbocycles. The highest BCUT2D eigenvalue weighted by molar-refractivity contribution is 5.80. The topological polar surface area (TPSA) is 44.1 Å². The second-order valence-electron chi connectivity index (χ2n) is 5.32. The first kappa shape index (κ1) is 15.3. The number of rotatable bonds is 4. The van der Waals surface area contributed by atoms with E-state index < -0.39 is 0 Å². The number of hydrogen-bond donors (Lipinski definition) is 0. The first-order valence-electron chi connectivity index (χ1n) is 7.23. The second-order valence-corrected chi connectivity index (χ2v) is 5.32. The molecule has 0 radical (unpaired) electrons. The van der Waals surface area contributed by atoms with Crippen molar-refractivity contribution < 1.29 is 9.53 Å². The van der Waals surface area contributed by atoms with Crippen LogP contribution in [0.3, 0.4) is 0 Å². The quantitative estimate of drug-likeness (QED) is 0.865. The van der Waals surface area contributed by atoms with Crippen LogP contribution in [0.25, 0.3) is 0 Å². The van der Waals surface area contributed by atoms with Gasteiger partial charge in [-0.05, 0) is 50.8 Å². The minimum atomic E-state index is -0.141. The molecule has 0 N–H and O–H groups in total. The lowest BCUT2D eigenvalue weighted by Crippen LogP contribution is -2.22. The Morgan fingerprint density at radius 2 is 1.81 bits per heavy atom. The molecule has 0 spiro atoms. The predicted octanol–water partition coefficient (Wildman–Crippen LogP) is 3.40. The van der Waals surface area contributed by atoms with Crippen LogP contribution in [0.15, 0.2) is 18.2 Å². The molecule has 0 unspecified atom stereocenters. The minimum Gasteiger partial charge on any atom is -0.483 e. The van der Waals surface area contributed by atoms with E-state index in [1.54, 1.807) is 0 Å². The molecule has 0 aliphatic heterocycles. The van der Waals surface area contributed by atoms with Crippen molar-refractivity contribution in [2.24, 2.45) is 0 Å². The average Bonchev–Trinajstić information content (AvgIpc) is 2.72. The van der Waals surface area contributed by atoms with Gasteiger partial charge in [0.15, 0.2) is 6.61 Å². The SMILES string of the molecule is CCc1c(C)nn(C(=O)COc2c(C)cccc2C)c1C. The summed E-state index contributed by atoms with van der Waals surface area (Å²) in [4.78, 5) is 12.3. The molecule has 0 atom stereocenters. The molecule has 2 rings (SSSR count). The summed E-state index contributed by atoms with van der Waals surface area (Å²) in [5.74, 6) is 0.640. The smallest absolute Gasteiger partial charge is 0.284 e. The van der Waals surface area contributed by atoms with Gasteiger partial charge in [-0.25, -0.2) is 4.68 Å². The Kier molecular flexibility index (Phi) is 4.46. The summed E-state index contributed by atoms with van der Waals surface area (Å²) < 4.78 is 7.17. The fraction of sp³-hybridized carbons (Fsp3) is 0.412. The zero-order valence-corrected chi connectivity index (χ0v) is 13.4. The molecule has 0 amide bonds. The van der Waals surface area contributed by atoms with Crippen molar-refractivity contribution in [2.75, 3.05) is 6.61 Å². The van der Waals surface area contributed by atoms with Gasteiger partial charge in [0.25, 0.3) is 5.91 Å². The number of carbonyl (C=O) groups excluding carboxylic acids is 1. The summed E-state index contributed by atoms with van der Waals surface area (Å²) in [6, 6.07) is 5.94. The molecular formula is C17H22N2O2. The molecule has 0 saturated heterocycles. The zero-order valence-electron chi connectivity index (χ0n) is 13.4. The van der Waals surface area contributed by atoms with E-state index in [2.05, 4.69) is 12.0 Å². The molecule has 0 fully saturated rings. The van der Waals surface area contributed by atoms with E-state index in [0.717, 1.165) is 40.2 Å². The molecule has 1 aromatic heterocycles. The third-order valence-corrected chi connectivity index (χ3v) is 3.78. The van der Waals surface area contributed by atoms with Gasteiger partial charge in [-0.3, -0.25) is 4.79 Å². The van der Waals surface area contributed by atoms with Gasteiger partial charge in [-0.15, -0.1) is 0 Å². The molecule has 0 bridgehead atoms. The third-order valence-electron chi connectivity index (χ3n) is 3.78. The zero-order chi connectivity index (χ0) is 15.6. The van der Waals surface area contributed by atoms with Crippen LogP contribution in [-0.2, 0) is 6.42 Å². The molecule has 0 aliphatic carbocycles. The van der Waals surface area contributed by atoms with E-state index in [1.807, 2.05) is 45.9 Å². The summed E-state index contributed by atoms with van der Waals surface area (Å²) in [6.45, 7) is 9.88. The number of nitrogens with zero attached hydrogens (tertiary/aromatic N) is 2. The van der Waals surface area contributed by atoms with E-state index in [0.29, 0.717) is 0 Å². The maximum absolute atomic E-state index is 12.3. The molecule has 1 aromatic carbocycles. The molecule has 2 aromatic rings. The summed E-state index contributed by atoms with van der Waals surface area (Å²) in [7, 11) is 0. The fourth-order valence-electron chi connectivity index (χ4n) is 2.65. The summed E-state index contributed by atoms with van der Waals surface area (Å²) in [6.07, 6.45) is 0.878. The number of benzene rings is 1. The molecule has 21 heavy (non-hydrogen) atoms. The number of carbonyl (C=O) groups is 1. The van der Waals surface area contributed by atoms with E-state index in [4.69, 9.17) is 4.74 Å². The van der Waals surface area contributed by atoms with Crippen molar-refractivity contribution in [1.29, 1.82) is 0 Å². The van der Waals surface area contributed by atoms with E-state index in [-0.39, 0.29) is 12.5 Å².